The summed E-state index contributed by atoms with van der Waals surface area (Å²) in [6, 6.07) is 1.42. The number of ether oxygens (including phenoxy) is 1. The molecule has 0 amide bonds. The van der Waals surface area contributed by atoms with E-state index in [2.05, 4.69) is 9.46 Å². The Bertz CT molecular complexity index is 520. The van der Waals surface area contributed by atoms with Crippen molar-refractivity contribution in [2.75, 3.05) is 13.7 Å². The summed E-state index contributed by atoms with van der Waals surface area (Å²) in [6.45, 7) is 1.23. The third kappa shape index (κ3) is 3.66. The number of aliphatic hydroxyl groups excluding tert-OH is 1. The molecule has 0 aromatic carbocycles. The summed E-state index contributed by atoms with van der Waals surface area (Å²) >= 11 is 6.68. The molecule has 1 unspecified atom stereocenters. The van der Waals surface area contributed by atoms with Gasteiger partial charge in [0.25, 0.3) is 0 Å². The zero-order chi connectivity index (χ0) is 13.9. The van der Waals surface area contributed by atoms with E-state index in [0.717, 1.165) is 18.4 Å². The molecule has 9 heteroatoms. The van der Waals surface area contributed by atoms with E-state index in [0.29, 0.717) is 9.90 Å². The zero-order valence-corrected chi connectivity index (χ0v) is 12.0. The van der Waals surface area contributed by atoms with Crippen LogP contribution >= 0.6 is 22.9 Å². The number of carbonyl (C=O) groups excluding carboxylic acids is 1. The van der Waals surface area contributed by atoms with Crippen LogP contribution in [0.3, 0.4) is 0 Å². The quantitative estimate of drug-likeness (QED) is 0.773. The number of nitrogens with one attached hydrogen (secondary N) is 1. The minimum absolute atomic E-state index is 0.0297. The molecular formula is C9H12ClNO5S2. The van der Waals surface area contributed by atoms with E-state index in [1.54, 1.807) is 6.92 Å². The van der Waals surface area contributed by atoms with Gasteiger partial charge >= 0.3 is 5.97 Å². The molecule has 1 aromatic rings. The van der Waals surface area contributed by atoms with E-state index < -0.39 is 28.6 Å². The summed E-state index contributed by atoms with van der Waals surface area (Å²) in [7, 11) is -2.68. The van der Waals surface area contributed by atoms with Gasteiger partial charge in [0, 0.05) is 6.54 Å². The number of carbonyl (C=O) groups is 1. The molecule has 1 aromatic heterocycles. The SMILES string of the molecule is COC(=O)C(O)CNS(=O)(=O)c1cc(C)c(Cl)s1. The first kappa shape index (κ1) is 15.4. The van der Waals surface area contributed by atoms with Gasteiger partial charge in [-0.1, -0.05) is 11.6 Å². The fourth-order valence-corrected chi connectivity index (χ4v) is 3.83. The van der Waals surface area contributed by atoms with E-state index in [1.165, 1.54) is 6.07 Å². The molecule has 0 radical (unpaired) electrons. The van der Waals surface area contributed by atoms with Crippen LogP contribution in [0.1, 0.15) is 5.56 Å². The predicted molar refractivity (Wildman–Crippen MR) is 67.3 cm³/mol. The number of aliphatic hydroxyl groups is 1. The summed E-state index contributed by atoms with van der Waals surface area (Å²) in [5.74, 6) is -0.905. The standard InChI is InChI=1S/C9H12ClNO5S2/c1-5-3-7(17-8(5)10)18(14,15)11-4-6(12)9(13)16-2/h3,6,11-12H,4H2,1-2H3. The molecule has 0 aliphatic carbocycles. The molecule has 0 spiro atoms. The lowest BCUT2D eigenvalue weighted by atomic mass is 10.4. The topological polar surface area (TPSA) is 92.7 Å². The molecule has 0 fully saturated rings. The molecule has 0 saturated heterocycles. The first-order valence-corrected chi connectivity index (χ1v) is 7.47. The second-order valence-electron chi connectivity index (χ2n) is 3.41. The molecule has 1 atom stereocenters. The van der Waals surface area contributed by atoms with E-state index in [4.69, 9.17) is 11.6 Å². The van der Waals surface area contributed by atoms with Gasteiger partial charge in [-0.3, -0.25) is 0 Å². The van der Waals surface area contributed by atoms with Gasteiger partial charge in [-0.25, -0.2) is 17.9 Å². The first-order chi connectivity index (χ1) is 8.27. The fourth-order valence-electron chi connectivity index (χ4n) is 1.04. The molecule has 1 rings (SSSR count). The van der Waals surface area contributed by atoms with Gasteiger partial charge in [0.15, 0.2) is 6.10 Å². The van der Waals surface area contributed by atoms with Gasteiger partial charge in [-0.2, -0.15) is 0 Å². The lowest BCUT2D eigenvalue weighted by Gasteiger charge is -2.09. The Morgan fingerprint density at radius 2 is 2.28 bits per heavy atom. The highest BCUT2D eigenvalue weighted by Crippen LogP contribution is 2.29. The number of hydrogen-bond donors (Lipinski definition) is 2. The van der Waals surface area contributed by atoms with E-state index in [-0.39, 0.29) is 4.21 Å². The Morgan fingerprint density at radius 3 is 2.72 bits per heavy atom. The molecular weight excluding hydrogens is 302 g/mol. The van der Waals surface area contributed by atoms with Crippen LogP contribution in [0.4, 0.5) is 0 Å². The van der Waals surface area contributed by atoms with Crippen molar-refractivity contribution in [3.8, 4) is 0 Å². The van der Waals surface area contributed by atoms with Crippen molar-refractivity contribution in [2.45, 2.75) is 17.2 Å². The molecule has 0 bridgehead atoms. The van der Waals surface area contributed by atoms with Crippen molar-refractivity contribution >= 4 is 38.9 Å². The van der Waals surface area contributed by atoms with Gasteiger partial charge in [-0.05, 0) is 18.6 Å². The number of sulfonamides is 1. The second-order valence-corrected chi connectivity index (χ2v) is 7.06. The van der Waals surface area contributed by atoms with Crippen LogP contribution in [-0.4, -0.2) is 39.3 Å². The molecule has 102 valence electrons. The summed E-state index contributed by atoms with van der Waals surface area (Å²) in [5.41, 5.74) is 0.649. The molecule has 2 N–H and O–H groups in total. The fraction of sp³-hybridized carbons (Fsp3) is 0.444. The zero-order valence-electron chi connectivity index (χ0n) is 9.64. The molecule has 6 nitrogen and oxygen atoms in total. The van der Waals surface area contributed by atoms with Crippen molar-refractivity contribution in [2.24, 2.45) is 0 Å². The number of thiophene rings is 1. The predicted octanol–water partition coefficient (Wildman–Crippen LogP) is 0.522. The van der Waals surface area contributed by atoms with Crippen LogP contribution in [-0.2, 0) is 19.6 Å². The lowest BCUT2D eigenvalue weighted by Crippen LogP contribution is -2.36. The van der Waals surface area contributed by atoms with Crippen LogP contribution in [0.2, 0.25) is 4.34 Å². The number of hydrogen-bond acceptors (Lipinski definition) is 6. The van der Waals surface area contributed by atoms with Crippen LogP contribution in [0.15, 0.2) is 10.3 Å². The lowest BCUT2D eigenvalue weighted by molar-refractivity contribution is -0.149. The minimum atomic E-state index is -3.78. The summed E-state index contributed by atoms with van der Waals surface area (Å²) in [4.78, 5) is 10.9. The van der Waals surface area contributed by atoms with Gasteiger partial charge in [0.2, 0.25) is 10.0 Å². The average molecular weight is 314 g/mol. The Morgan fingerprint density at radius 1 is 1.67 bits per heavy atom. The Kier molecular flexibility index (Phi) is 5.11. The van der Waals surface area contributed by atoms with E-state index >= 15 is 0 Å². The summed E-state index contributed by atoms with van der Waals surface area (Å²) in [6.07, 6.45) is -1.54. The number of esters is 1. The Labute approximate surface area is 114 Å². The molecule has 1 heterocycles. The highest BCUT2D eigenvalue weighted by molar-refractivity contribution is 7.91. The molecule has 0 aliphatic heterocycles. The maximum absolute atomic E-state index is 11.8. The van der Waals surface area contributed by atoms with Crippen molar-refractivity contribution in [1.82, 2.24) is 4.72 Å². The van der Waals surface area contributed by atoms with Gasteiger partial charge in [-0.15, -0.1) is 11.3 Å². The Balaban J connectivity index is 2.74. The molecule has 0 aliphatic rings. The van der Waals surface area contributed by atoms with Crippen LogP contribution in [0, 0.1) is 6.92 Å². The third-order valence-corrected chi connectivity index (χ3v) is 5.49. The van der Waals surface area contributed by atoms with Gasteiger partial charge in [0.1, 0.15) is 4.21 Å². The van der Waals surface area contributed by atoms with Crippen molar-refractivity contribution in [1.29, 1.82) is 0 Å². The normalized spacial score (nSPS) is 13.3. The third-order valence-electron chi connectivity index (χ3n) is 2.04. The highest BCUT2D eigenvalue weighted by atomic mass is 35.5. The number of methoxy groups -OCH3 is 1. The smallest absolute Gasteiger partial charge is 0.336 e. The maximum atomic E-state index is 11.8. The largest absolute Gasteiger partial charge is 0.467 e. The van der Waals surface area contributed by atoms with Crippen molar-refractivity contribution in [3.05, 3.63) is 16.0 Å². The minimum Gasteiger partial charge on any atom is -0.467 e. The summed E-state index contributed by atoms with van der Waals surface area (Å²) < 4.78 is 30.4. The van der Waals surface area contributed by atoms with E-state index in [1.807, 2.05) is 0 Å². The molecule has 0 saturated carbocycles. The molecule has 18 heavy (non-hydrogen) atoms. The van der Waals surface area contributed by atoms with Crippen LogP contribution in [0.25, 0.3) is 0 Å². The maximum Gasteiger partial charge on any atom is 0.336 e. The number of rotatable bonds is 5. The van der Waals surface area contributed by atoms with Gasteiger partial charge in [0.05, 0.1) is 11.4 Å². The average Bonchev–Trinajstić information content (AvgIpc) is 2.66. The van der Waals surface area contributed by atoms with Crippen LogP contribution < -0.4 is 4.72 Å². The monoisotopic (exact) mass is 313 g/mol. The van der Waals surface area contributed by atoms with Crippen molar-refractivity contribution < 1.29 is 23.1 Å². The number of aryl methyl sites for hydroxylation is 1. The highest BCUT2D eigenvalue weighted by Gasteiger charge is 2.22. The number of halogens is 1. The van der Waals surface area contributed by atoms with E-state index in [9.17, 15) is 18.3 Å². The van der Waals surface area contributed by atoms with Crippen LogP contribution in [0.5, 0.6) is 0 Å². The summed E-state index contributed by atoms with van der Waals surface area (Å²) in [5, 5.41) is 9.26. The van der Waals surface area contributed by atoms with Crippen molar-refractivity contribution in [3.63, 3.8) is 0 Å². The van der Waals surface area contributed by atoms with Gasteiger partial charge < -0.3 is 9.84 Å². The second kappa shape index (κ2) is 5.98. The Hall–Kier alpha value is -0.670. The first-order valence-electron chi connectivity index (χ1n) is 4.79.